The molecule has 1 aliphatic rings. The summed E-state index contributed by atoms with van der Waals surface area (Å²) in [5.41, 5.74) is 7.56. The summed E-state index contributed by atoms with van der Waals surface area (Å²) in [6.45, 7) is 4.32. The van der Waals surface area contributed by atoms with Crippen LogP contribution in [0.25, 0.3) is 0 Å². The van der Waals surface area contributed by atoms with Crippen LogP contribution < -0.4 is 5.73 Å². The van der Waals surface area contributed by atoms with E-state index in [4.69, 9.17) is 5.73 Å². The molecule has 0 unspecified atom stereocenters. The van der Waals surface area contributed by atoms with Gasteiger partial charge in [0.25, 0.3) is 0 Å². The number of rotatable bonds is 3. The number of nitrogens with two attached hydrogens (primary N) is 1. The molecule has 5 heteroatoms. The number of halogens is 1. The zero-order valence-electron chi connectivity index (χ0n) is 8.76. The fourth-order valence-electron chi connectivity index (χ4n) is 1.92. The molecule has 2 rings (SSSR count). The number of aromatic nitrogens is 1. The molecule has 1 aliphatic heterocycles. The summed E-state index contributed by atoms with van der Waals surface area (Å²) in [5.74, 6) is 0.757. The average molecular weight is 248 g/mol. The van der Waals surface area contributed by atoms with E-state index in [0.717, 1.165) is 19.0 Å². The Bertz CT molecular complexity index is 258. The minimum Gasteiger partial charge on any atom is -0.330 e. The van der Waals surface area contributed by atoms with Gasteiger partial charge in [0.05, 0.1) is 5.51 Å². The van der Waals surface area contributed by atoms with Crippen LogP contribution in [-0.2, 0) is 6.54 Å². The van der Waals surface area contributed by atoms with E-state index in [-0.39, 0.29) is 12.4 Å². The standard InChI is InChI=1S/C10H17N3S.ClH/c11-5-9-1-3-13(4-2-9)7-10-6-12-8-14-10;/h6,8-9H,1-5,7,11H2;1H. The third-order valence-electron chi connectivity index (χ3n) is 2.90. The maximum absolute atomic E-state index is 5.66. The van der Waals surface area contributed by atoms with Gasteiger partial charge in [0.1, 0.15) is 0 Å². The van der Waals surface area contributed by atoms with Crippen LogP contribution in [0.1, 0.15) is 17.7 Å². The molecule has 2 N–H and O–H groups in total. The quantitative estimate of drug-likeness (QED) is 0.885. The van der Waals surface area contributed by atoms with Crippen LogP contribution in [0.3, 0.4) is 0 Å². The van der Waals surface area contributed by atoms with E-state index in [1.165, 1.54) is 30.8 Å². The van der Waals surface area contributed by atoms with Crippen molar-refractivity contribution < 1.29 is 0 Å². The van der Waals surface area contributed by atoms with Crippen LogP contribution in [0.15, 0.2) is 11.7 Å². The summed E-state index contributed by atoms with van der Waals surface area (Å²) in [6, 6.07) is 0. The van der Waals surface area contributed by atoms with E-state index in [2.05, 4.69) is 9.88 Å². The Morgan fingerprint density at radius 2 is 2.20 bits per heavy atom. The molecule has 1 fully saturated rings. The van der Waals surface area contributed by atoms with Gasteiger partial charge in [0.15, 0.2) is 0 Å². The highest BCUT2D eigenvalue weighted by molar-refractivity contribution is 7.09. The Kier molecular flexibility index (Phi) is 5.53. The minimum atomic E-state index is 0. The Hall–Kier alpha value is -0.160. The Balaban J connectivity index is 0.00000112. The van der Waals surface area contributed by atoms with Crippen LogP contribution in [0.5, 0.6) is 0 Å². The Labute approximate surface area is 101 Å². The van der Waals surface area contributed by atoms with Gasteiger partial charge in [-0.25, -0.2) is 0 Å². The molecule has 1 aromatic heterocycles. The summed E-state index contributed by atoms with van der Waals surface area (Å²) in [6.07, 6.45) is 4.49. The van der Waals surface area contributed by atoms with Crippen LogP contribution >= 0.6 is 23.7 Å². The summed E-state index contributed by atoms with van der Waals surface area (Å²) in [5, 5.41) is 0. The second-order valence-corrected chi connectivity index (χ2v) is 4.89. The second kappa shape index (κ2) is 6.43. The summed E-state index contributed by atoms with van der Waals surface area (Å²) in [7, 11) is 0. The molecule has 0 radical (unpaired) electrons. The van der Waals surface area contributed by atoms with Crippen molar-refractivity contribution in [2.75, 3.05) is 19.6 Å². The predicted molar refractivity (Wildman–Crippen MR) is 66.4 cm³/mol. The maximum atomic E-state index is 5.66. The van der Waals surface area contributed by atoms with E-state index in [9.17, 15) is 0 Å². The first-order valence-corrected chi connectivity index (χ1v) is 6.06. The number of thiazole rings is 1. The lowest BCUT2D eigenvalue weighted by Crippen LogP contribution is -2.35. The van der Waals surface area contributed by atoms with Gasteiger partial charge >= 0.3 is 0 Å². The smallest absolute Gasteiger partial charge is 0.0794 e. The fraction of sp³-hybridized carbons (Fsp3) is 0.700. The highest BCUT2D eigenvalue weighted by atomic mass is 35.5. The number of likely N-dealkylation sites (tertiary alicyclic amines) is 1. The first kappa shape index (κ1) is 12.9. The molecule has 0 atom stereocenters. The van der Waals surface area contributed by atoms with Gasteiger partial charge < -0.3 is 5.73 Å². The topological polar surface area (TPSA) is 42.1 Å². The first-order valence-electron chi connectivity index (χ1n) is 5.18. The minimum absolute atomic E-state index is 0. The van der Waals surface area contributed by atoms with Gasteiger partial charge in [-0.05, 0) is 38.4 Å². The van der Waals surface area contributed by atoms with Gasteiger partial charge in [-0.3, -0.25) is 9.88 Å². The highest BCUT2D eigenvalue weighted by Crippen LogP contribution is 2.18. The first-order chi connectivity index (χ1) is 6.88. The van der Waals surface area contributed by atoms with Crippen molar-refractivity contribution >= 4 is 23.7 Å². The second-order valence-electron chi connectivity index (χ2n) is 3.92. The lowest BCUT2D eigenvalue weighted by Gasteiger charge is -2.30. The lowest BCUT2D eigenvalue weighted by atomic mass is 9.97. The van der Waals surface area contributed by atoms with Crippen molar-refractivity contribution in [3.63, 3.8) is 0 Å². The Morgan fingerprint density at radius 3 is 2.73 bits per heavy atom. The molecule has 0 saturated carbocycles. The number of hydrogen-bond acceptors (Lipinski definition) is 4. The SMILES string of the molecule is Cl.NCC1CCN(Cc2cncs2)CC1. The summed E-state index contributed by atoms with van der Waals surface area (Å²) in [4.78, 5) is 7.96. The van der Waals surface area contributed by atoms with Gasteiger partial charge in [-0.1, -0.05) is 0 Å². The van der Waals surface area contributed by atoms with Crippen LogP contribution in [-0.4, -0.2) is 29.5 Å². The van der Waals surface area contributed by atoms with E-state index >= 15 is 0 Å². The van der Waals surface area contributed by atoms with Gasteiger partial charge in [-0.15, -0.1) is 23.7 Å². The third kappa shape index (κ3) is 3.72. The molecule has 86 valence electrons. The molecule has 0 amide bonds. The summed E-state index contributed by atoms with van der Waals surface area (Å²) >= 11 is 1.75. The van der Waals surface area contributed by atoms with Crippen molar-refractivity contribution in [1.82, 2.24) is 9.88 Å². The van der Waals surface area contributed by atoms with Crippen molar-refractivity contribution in [2.45, 2.75) is 19.4 Å². The monoisotopic (exact) mass is 247 g/mol. The Morgan fingerprint density at radius 1 is 1.47 bits per heavy atom. The zero-order valence-corrected chi connectivity index (χ0v) is 10.4. The van der Waals surface area contributed by atoms with Crippen LogP contribution in [0, 0.1) is 5.92 Å². The van der Waals surface area contributed by atoms with Crippen LogP contribution in [0.2, 0.25) is 0 Å². The van der Waals surface area contributed by atoms with E-state index in [0.29, 0.717) is 0 Å². The highest BCUT2D eigenvalue weighted by Gasteiger charge is 2.17. The average Bonchev–Trinajstić information content (AvgIpc) is 2.72. The molecule has 0 spiro atoms. The molecule has 3 nitrogen and oxygen atoms in total. The van der Waals surface area contributed by atoms with Crippen molar-refractivity contribution in [3.8, 4) is 0 Å². The van der Waals surface area contributed by atoms with Crippen molar-refractivity contribution in [3.05, 3.63) is 16.6 Å². The lowest BCUT2D eigenvalue weighted by molar-refractivity contribution is 0.182. The number of hydrogen-bond donors (Lipinski definition) is 1. The molecule has 1 aromatic rings. The number of nitrogens with zero attached hydrogens (tertiary/aromatic N) is 2. The molecular weight excluding hydrogens is 230 g/mol. The van der Waals surface area contributed by atoms with E-state index in [1.54, 1.807) is 11.3 Å². The zero-order chi connectivity index (χ0) is 9.80. The predicted octanol–water partition coefficient (Wildman–Crippen LogP) is 1.74. The fourth-order valence-corrected chi connectivity index (χ4v) is 2.56. The molecule has 0 aliphatic carbocycles. The molecule has 2 heterocycles. The van der Waals surface area contributed by atoms with Gasteiger partial charge in [0.2, 0.25) is 0 Å². The molecule has 15 heavy (non-hydrogen) atoms. The molecular formula is C10H18ClN3S. The molecule has 0 aromatic carbocycles. The number of piperidine rings is 1. The van der Waals surface area contributed by atoms with Crippen molar-refractivity contribution in [2.24, 2.45) is 11.7 Å². The largest absolute Gasteiger partial charge is 0.330 e. The van der Waals surface area contributed by atoms with E-state index < -0.39 is 0 Å². The normalized spacial score (nSPS) is 18.7. The van der Waals surface area contributed by atoms with Gasteiger partial charge in [0, 0.05) is 17.6 Å². The van der Waals surface area contributed by atoms with E-state index in [1.807, 2.05) is 11.7 Å². The maximum Gasteiger partial charge on any atom is 0.0794 e. The molecule has 1 saturated heterocycles. The molecule has 0 bridgehead atoms. The third-order valence-corrected chi connectivity index (χ3v) is 3.67. The van der Waals surface area contributed by atoms with Gasteiger partial charge in [-0.2, -0.15) is 0 Å². The summed E-state index contributed by atoms with van der Waals surface area (Å²) < 4.78 is 0. The van der Waals surface area contributed by atoms with Crippen molar-refractivity contribution in [1.29, 1.82) is 0 Å². The van der Waals surface area contributed by atoms with Crippen LogP contribution in [0.4, 0.5) is 0 Å².